The lowest BCUT2D eigenvalue weighted by Gasteiger charge is -2.33. The zero-order valence-corrected chi connectivity index (χ0v) is 18.6. The van der Waals surface area contributed by atoms with Crippen LogP contribution in [-0.2, 0) is 20.1 Å². The average Bonchev–Trinajstić information content (AvgIpc) is 3.07. The highest BCUT2D eigenvalue weighted by molar-refractivity contribution is 5.77. The molecule has 0 unspecified atom stereocenters. The lowest BCUT2D eigenvalue weighted by Crippen LogP contribution is -2.40. The smallest absolute Gasteiger partial charge is 0.312 e. The van der Waals surface area contributed by atoms with Gasteiger partial charge in [-0.2, -0.15) is 4.98 Å². The molecule has 1 atom stereocenters. The summed E-state index contributed by atoms with van der Waals surface area (Å²) in [4.78, 5) is 33.2. The second kappa shape index (κ2) is 7.78. The Morgan fingerprint density at radius 3 is 2.43 bits per heavy atom. The Bertz CT molecular complexity index is 1200. The van der Waals surface area contributed by atoms with Gasteiger partial charge in [0.25, 0.3) is 5.56 Å². The van der Waals surface area contributed by atoms with E-state index >= 15 is 0 Å². The summed E-state index contributed by atoms with van der Waals surface area (Å²) in [5, 5.41) is 0. The molecule has 0 amide bonds. The normalized spacial score (nSPS) is 16.3. The first kappa shape index (κ1) is 20.4. The van der Waals surface area contributed by atoms with Crippen LogP contribution in [0.2, 0.25) is 0 Å². The van der Waals surface area contributed by atoms with Crippen LogP contribution in [-0.4, -0.2) is 25.2 Å². The predicted octanol–water partition coefficient (Wildman–Crippen LogP) is 3.49. The number of fused-ring (bicyclic) bond motifs is 3. The highest BCUT2D eigenvalue weighted by atomic mass is 16.2. The van der Waals surface area contributed by atoms with Crippen molar-refractivity contribution in [2.45, 2.75) is 60.0 Å². The molecule has 1 aliphatic heterocycles. The van der Waals surface area contributed by atoms with Gasteiger partial charge in [-0.1, -0.05) is 32.8 Å². The molecule has 2 aromatic heterocycles. The monoisotopic (exact) mass is 409 g/mol. The molecular formula is C23H31N5O2. The third-order valence-electron chi connectivity index (χ3n) is 5.95. The molecule has 1 aliphatic rings. The van der Waals surface area contributed by atoms with Crippen molar-refractivity contribution in [3.63, 3.8) is 0 Å². The summed E-state index contributed by atoms with van der Waals surface area (Å²) in [6.45, 7) is 10.5. The quantitative estimate of drug-likeness (QED) is 0.605. The zero-order chi connectivity index (χ0) is 21.6. The summed E-state index contributed by atoms with van der Waals surface area (Å²) in [5.41, 5.74) is 3.94. The lowest BCUT2D eigenvalue weighted by molar-refractivity contribution is 0.457. The Kier molecular flexibility index (Phi) is 5.30. The van der Waals surface area contributed by atoms with Crippen LogP contribution in [0.4, 0.5) is 11.6 Å². The molecule has 0 radical (unpaired) electrons. The van der Waals surface area contributed by atoms with Crippen LogP contribution < -0.4 is 16.1 Å². The van der Waals surface area contributed by atoms with E-state index in [1.807, 2.05) is 4.57 Å². The molecule has 0 spiro atoms. The van der Waals surface area contributed by atoms with Crippen LogP contribution in [0.1, 0.15) is 44.2 Å². The van der Waals surface area contributed by atoms with Gasteiger partial charge < -0.3 is 9.47 Å². The Labute approximate surface area is 176 Å². The number of aryl methyl sites for hydroxylation is 3. The largest absolute Gasteiger partial charge is 0.332 e. The first-order valence-corrected chi connectivity index (χ1v) is 10.9. The molecule has 160 valence electrons. The van der Waals surface area contributed by atoms with Crippen molar-refractivity contribution in [2.75, 3.05) is 11.4 Å². The maximum absolute atomic E-state index is 13.4. The van der Waals surface area contributed by atoms with Gasteiger partial charge in [-0.25, -0.2) is 4.79 Å². The van der Waals surface area contributed by atoms with E-state index in [1.54, 1.807) is 7.05 Å². The number of benzene rings is 1. The van der Waals surface area contributed by atoms with Crippen LogP contribution in [0.25, 0.3) is 11.2 Å². The molecule has 0 saturated heterocycles. The Morgan fingerprint density at radius 1 is 1.07 bits per heavy atom. The second-order valence-corrected chi connectivity index (χ2v) is 8.76. The van der Waals surface area contributed by atoms with E-state index in [0.717, 1.165) is 44.0 Å². The van der Waals surface area contributed by atoms with Crippen molar-refractivity contribution >= 4 is 22.8 Å². The number of anilines is 2. The standard InChI is InChI=1S/C23H31N5O2/c1-6-7-8-9-26-21(29)19-20(25(5)23(26)30)24-22-27(13-17(4)14-28(19)22)18-11-15(2)10-16(3)12-18/h10-12,17H,6-9,13-14H2,1-5H3/t17-/m1/s1. The molecule has 0 fully saturated rings. The molecule has 0 saturated carbocycles. The first-order chi connectivity index (χ1) is 14.3. The molecule has 7 nitrogen and oxygen atoms in total. The number of hydrogen-bond donors (Lipinski definition) is 0. The lowest BCUT2D eigenvalue weighted by atomic mass is 10.1. The minimum Gasteiger partial charge on any atom is -0.312 e. The van der Waals surface area contributed by atoms with Gasteiger partial charge in [0.05, 0.1) is 0 Å². The second-order valence-electron chi connectivity index (χ2n) is 8.76. The first-order valence-electron chi connectivity index (χ1n) is 10.9. The number of nitrogens with zero attached hydrogens (tertiary/aromatic N) is 5. The zero-order valence-electron chi connectivity index (χ0n) is 18.6. The Balaban J connectivity index is 1.93. The number of imidazole rings is 1. The summed E-state index contributed by atoms with van der Waals surface area (Å²) < 4.78 is 4.92. The van der Waals surface area contributed by atoms with E-state index in [2.05, 4.69) is 50.8 Å². The van der Waals surface area contributed by atoms with Gasteiger partial charge in [0.15, 0.2) is 11.2 Å². The van der Waals surface area contributed by atoms with Gasteiger partial charge in [-0.05, 0) is 49.4 Å². The average molecular weight is 410 g/mol. The van der Waals surface area contributed by atoms with Crippen molar-refractivity contribution in [3.8, 4) is 0 Å². The van der Waals surface area contributed by atoms with Crippen molar-refractivity contribution in [1.29, 1.82) is 0 Å². The predicted molar refractivity (Wildman–Crippen MR) is 121 cm³/mol. The molecule has 0 N–H and O–H groups in total. The molecule has 1 aromatic carbocycles. The summed E-state index contributed by atoms with van der Waals surface area (Å²) in [5.74, 6) is 1.09. The van der Waals surface area contributed by atoms with Gasteiger partial charge in [0.1, 0.15) is 0 Å². The molecule has 0 bridgehead atoms. The van der Waals surface area contributed by atoms with Gasteiger partial charge in [0, 0.05) is 32.4 Å². The van der Waals surface area contributed by atoms with E-state index in [9.17, 15) is 9.59 Å². The topological polar surface area (TPSA) is 65.1 Å². The molecule has 3 aromatic rings. The fourth-order valence-corrected chi connectivity index (χ4v) is 4.55. The van der Waals surface area contributed by atoms with E-state index < -0.39 is 0 Å². The van der Waals surface area contributed by atoms with Gasteiger partial charge in [0.2, 0.25) is 5.95 Å². The Hall–Kier alpha value is -2.83. The minimum atomic E-state index is -0.287. The highest BCUT2D eigenvalue weighted by Crippen LogP contribution is 2.33. The SMILES string of the molecule is CCCCCn1c(=O)c2c(nc3n2C[C@H](C)CN3c2cc(C)cc(C)c2)n(C)c1=O. The third-order valence-corrected chi connectivity index (χ3v) is 5.95. The summed E-state index contributed by atoms with van der Waals surface area (Å²) in [7, 11) is 1.71. The number of rotatable bonds is 5. The molecule has 3 heterocycles. The maximum atomic E-state index is 13.4. The van der Waals surface area contributed by atoms with Gasteiger partial charge in [-0.3, -0.25) is 13.9 Å². The molecule has 7 heteroatoms. The Morgan fingerprint density at radius 2 is 1.77 bits per heavy atom. The number of hydrogen-bond acceptors (Lipinski definition) is 4. The van der Waals surface area contributed by atoms with E-state index in [-0.39, 0.29) is 11.2 Å². The molecule has 4 rings (SSSR count). The molecular weight excluding hydrogens is 378 g/mol. The minimum absolute atomic E-state index is 0.225. The van der Waals surface area contributed by atoms with E-state index in [4.69, 9.17) is 4.98 Å². The van der Waals surface area contributed by atoms with Crippen molar-refractivity contribution in [1.82, 2.24) is 18.7 Å². The van der Waals surface area contributed by atoms with Crippen LogP contribution in [0.5, 0.6) is 0 Å². The fourth-order valence-electron chi connectivity index (χ4n) is 4.55. The summed E-state index contributed by atoms with van der Waals surface area (Å²) >= 11 is 0. The van der Waals surface area contributed by atoms with E-state index in [1.165, 1.54) is 20.3 Å². The number of aromatic nitrogens is 4. The summed E-state index contributed by atoms with van der Waals surface area (Å²) in [6, 6.07) is 6.45. The third kappa shape index (κ3) is 3.36. The van der Waals surface area contributed by atoms with Crippen LogP contribution in [0, 0.1) is 19.8 Å². The maximum Gasteiger partial charge on any atom is 0.332 e. The van der Waals surface area contributed by atoms with Crippen molar-refractivity contribution < 1.29 is 0 Å². The van der Waals surface area contributed by atoms with Crippen molar-refractivity contribution in [3.05, 3.63) is 50.2 Å². The highest BCUT2D eigenvalue weighted by Gasteiger charge is 2.29. The van der Waals surface area contributed by atoms with Crippen LogP contribution >= 0.6 is 0 Å². The fraction of sp³-hybridized carbons (Fsp3) is 0.522. The van der Waals surface area contributed by atoms with Gasteiger partial charge >= 0.3 is 5.69 Å². The number of unbranched alkanes of at least 4 members (excludes halogenated alkanes) is 2. The van der Waals surface area contributed by atoms with Crippen LogP contribution in [0.3, 0.4) is 0 Å². The van der Waals surface area contributed by atoms with Crippen molar-refractivity contribution in [2.24, 2.45) is 13.0 Å². The van der Waals surface area contributed by atoms with Gasteiger partial charge in [-0.15, -0.1) is 0 Å². The molecule has 0 aliphatic carbocycles. The van der Waals surface area contributed by atoms with E-state index in [0.29, 0.717) is 23.6 Å². The summed E-state index contributed by atoms with van der Waals surface area (Å²) in [6.07, 6.45) is 2.86. The van der Waals surface area contributed by atoms with Crippen LogP contribution in [0.15, 0.2) is 27.8 Å². The molecule has 30 heavy (non-hydrogen) atoms.